The SMILES string of the molecule is COc1ccc(C2(C(=O)Nc3ccc(N(C)C)cc3)CC2)cc1OC. The maximum atomic E-state index is 12.9. The average molecular weight is 340 g/mol. The monoisotopic (exact) mass is 340 g/mol. The van der Waals surface area contributed by atoms with E-state index in [-0.39, 0.29) is 5.91 Å². The third-order valence-electron chi connectivity index (χ3n) is 4.76. The molecule has 1 amide bonds. The summed E-state index contributed by atoms with van der Waals surface area (Å²) in [5.41, 5.74) is 2.40. The van der Waals surface area contributed by atoms with Gasteiger partial charge in [-0.25, -0.2) is 0 Å². The standard InChI is InChI=1S/C20H24N2O3/c1-22(2)16-8-6-15(7-9-16)21-19(23)20(11-12-20)14-5-10-17(24-3)18(13-14)25-4/h5-10,13H,11-12H2,1-4H3,(H,21,23). The highest BCUT2D eigenvalue weighted by molar-refractivity contribution is 6.01. The molecule has 0 heterocycles. The van der Waals surface area contributed by atoms with Crippen molar-refractivity contribution in [1.29, 1.82) is 0 Å². The molecule has 3 rings (SSSR count). The second-order valence-corrected chi connectivity index (χ2v) is 6.55. The van der Waals surface area contributed by atoms with Crippen molar-refractivity contribution in [3.05, 3.63) is 48.0 Å². The van der Waals surface area contributed by atoms with Crippen LogP contribution in [0.1, 0.15) is 18.4 Å². The van der Waals surface area contributed by atoms with E-state index in [1.165, 1.54) is 0 Å². The summed E-state index contributed by atoms with van der Waals surface area (Å²) in [6, 6.07) is 13.5. The third-order valence-corrected chi connectivity index (χ3v) is 4.76. The van der Waals surface area contributed by atoms with E-state index in [0.717, 1.165) is 29.8 Å². The molecule has 0 spiro atoms. The van der Waals surface area contributed by atoms with Crippen molar-refractivity contribution in [3.8, 4) is 11.5 Å². The Labute approximate surface area is 148 Å². The van der Waals surface area contributed by atoms with Gasteiger partial charge >= 0.3 is 0 Å². The molecule has 1 saturated carbocycles. The van der Waals surface area contributed by atoms with Crippen LogP contribution in [0, 0.1) is 0 Å². The highest BCUT2D eigenvalue weighted by Crippen LogP contribution is 2.50. The predicted octanol–water partition coefficient (Wildman–Crippen LogP) is 3.44. The van der Waals surface area contributed by atoms with E-state index in [2.05, 4.69) is 5.32 Å². The Morgan fingerprint density at radius 1 is 1.00 bits per heavy atom. The number of carbonyl (C=O) groups excluding carboxylic acids is 1. The van der Waals surface area contributed by atoms with Gasteiger partial charge in [-0.3, -0.25) is 4.79 Å². The van der Waals surface area contributed by atoms with Gasteiger partial charge in [-0.1, -0.05) is 6.07 Å². The number of methoxy groups -OCH3 is 2. The van der Waals surface area contributed by atoms with Crippen molar-refractivity contribution >= 4 is 17.3 Å². The summed E-state index contributed by atoms with van der Waals surface area (Å²) < 4.78 is 10.7. The average Bonchev–Trinajstić information content (AvgIpc) is 3.43. The molecule has 2 aromatic rings. The fourth-order valence-electron chi connectivity index (χ4n) is 3.00. The number of rotatable bonds is 6. The Balaban J connectivity index is 1.79. The minimum absolute atomic E-state index is 0.0253. The van der Waals surface area contributed by atoms with E-state index in [4.69, 9.17) is 9.47 Å². The molecule has 0 bridgehead atoms. The molecular weight excluding hydrogens is 316 g/mol. The molecule has 0 radical (unpaired) electrons. The Bertz CT molecular complexity index is 765. The first-order chi connectivity index (χ1) is 12.0. The molecule has 2 aromatic carbocycles. The Kier molecular flexibility index (Phi) is 4.57. The van der Waals surface area contributed by atoms with Crippen LogP contribution in [0.25, 0.3) is 0 Å². The van der Waals surface area contributed by atoms with Gasteiger partial charge in [-0.2, -0.15) is 0 Å². The van der Waals surface area contributed by atoms with Gasteiger partial charge in [0, 0.05) is 25.5 Å². The highest BCUT2D eigenvalue weighted by atomic mass is 16.5. The quantitative estimate of drug-likeness (QED) is 0.875. The van der Waals surface area contributed by atoms with Crippen LogP contribution in [-0.2, 0) is 10.2 Å². The van der Waals surface area contributed by atoms with E-state index < -0.39 is 5.41 Å². The Morgan fingerprint density at radius 3 is 2.16 bits per heavy atom. The first kappa shape index (κ1) is 17.1. The summed E-state index contributed by atoms with van der Waals surface area (Å²) in [7, 11) is 7.19. The maximum Gasteiger partial charge on any atom is 0.235 e. The lowest BCUT2D eigenvalue weighted by atomic mass is 9.94. The van der Waals surface area contributed by atoms with Gasteiger partial charge in [0.2, 0.25) is 5.91 Å². The number of carbonyl (C=O) groups is 1. The second kappa shape index (κ2) is 6.67. The van der Waals surface area contributed by atoms with Crippen molar-refractivity contribution in [2.75, 3.05) is 38.5 Å². The largest absolute Gasteiger partial charge is 0.493 e. The summed E-state index contributed by atoms with van der Waals surface area (Å²) >= 11 is 0. The topological polar surface area (TPSA) is 50.8 Å². The molecule has 5 heteroatoms. The number of amides is 1. The third kappa shape index (κ3) is 3.27. The number of nitrogens with one attached hydrogen (secondary N) is 1. The smallest absolute Gasteiger partial charge is 0.235 e. The van der Waals surface area contributed by atoms with Crippen LogP contribution in [0.5, 0.6) is 11.5 Å². The van der Waals surface area contributed by atoms with Gasteiger partial charge in [-0.15, -0.1) is 0 Å². The lowest BCUT2D eigenvalue weighted by molar-refractivity contribution is -0.118. The van der Waals surface area contributed by atoms with Gasteiger partial charge in [0.1, 0.15) is 0 Å². The van der Waals surface area contributed by atoms with Gasteiger partial charge in [0.15, 0.2) is 11.5 Å². The first-order valence-corrected chi connectivity index (χ1v) is 8.31. The van der Waals surface area contributed by atoms with Gasteiger partial charge in [0.25, 0.3) is 0 Å². The molecule has 132 valence electrons. The zero-order chi connectivity index (χ0) is 18.0. The fourth-order valence-corrected chi connectivity index (χ4v) is 3.00. The molecule has 1 N–H and O–H groups in total. The van der Waals surface area contributed by atoms with Crippen LogP contribution in [0.4, 0.5) is 11.4 Å². The molecule has 0 saturated heterocycles. The predicted molar refractivity (Wildman–Crippen MR) is 99.9 cm³/mol. The molecule has 0 unspecified atom stereocenters. The summed E-state index contributed by atoms with van der Waals surface area (Å²) in [5, 5.41) is 3.05. The van der Waals surface area contributed by atoms with Gasteiger partial charge in [0.05, 0.1) is 19.6 Å². The normalized spacial score (nSPS) is 14.6. The zero-order valence-electron chi connectivity index (χ0n) is 15.1. The van der Waals surface area contributed by atoms with E-state index in [1.54, 1.807) is 14.2 Å². The molecule has 5 nitrogen and oxygen atoms in total. The van der Waals surface area contributed by atoms with Crippen LogP contribution >= 0.6 is 0 Å². The van der Waals surface area contributed by atoms with Crippen molar-refractivity contribution in [2.45, 2.75) is 18.3 Å². The van der Waals surface area contributed by atoms with Crippen molar-refractivity contribution in [3.63, 3.8) is 0 Å². The Morgan fingerprint density at radius 2 is 1.64 bits per heavy atom. The highest BCUT2D eigenvalue weighted by Gasteiger charge is 2.51. The summed E-state index contributed by atoms with van der Waals surface area (Å²) in [4.78, 5) is 14.9. The number of hydrogen-bond acceptors (Lipinski definition) is 4. The number of hydrogen-bond donors (Lipinski definition) is 1. The summed E-state index contributed by atoms with van der Waals surface area (Å²) in [6.07, 6.45) is 1.67. The van der Waals surface area contributed by atoms with Crippen LogP contribution in [-0.4, -0.2) is 34.2 Å². The fraction of sp³-hybridized carbons (Fsp3) is 0.350. The van der Waals surface area contributed by atoms with Gasteiger partial charge in [-0.05, 0) is 54.8 Å². The number of nitrogens with zero attached hydrogens (tertiary/aromatic N) is 1. The van der Waals surface area contributed by atoms with E-state index in [9.17, 15) is 4.79 Å². The van der Waals surface area contributed by atoms with E-state index >= 15 is 0 Å². The first-order valence-electron chi connectivity index (χ1n) is 8.31. The van der Waals surface area contributed by atoms with E-state index in [0.29, 0.717) is 11.5 Å². The van der Waals surface area contributed by atoms with Crippen molar-refractivity contribution < 1.29 is 14.3 Å². The molecule has 1 aliphatic carbocycles. The molecule has 0 aliphatic heterocycles. The minimum Gasteiger partial charge on any atom is -0.493 e. The molecule has 1 fully saturated rings. The molecule has 0 atom stereocenters. The lowest BCUT2D eigenvalue weighted by Crippen LogP contribution is -2.27. The number of anilines is 2. The second-order valence-electron chi connectivity index (χ2n) is 6.55. The van der Waals surface area contributed by atoms with Gasteiger partial charge < -0.3 is 19.7 Å². The molecule has 0 aromatic heterocycles. The maximum absolute atomic E-state index is 12.9. The van der Waals surface area contributed by atoms with Crippen LogP contribution in [0.3, 0.4) is 0 Å². The van der Waals surface area contributed by atoms with Crippen molar-refractivity contribution in [2.24, 2.45) is 0 Å². The minimum atomic E-state index is -0.472. The zero-order valence-corrected chi connectivity index (χ0v) is 15.1. The number of benzene rings is 2. The molecule has 25 heavy (non-hydrogen) atoms. The number of ether oxygens (including phenoxy) is 2. The summed E-state index contributed by atoms with van der Waals surface area (Å²) in [5.74, 6) is 1.34. The summed E-state index contributed by atoms with van der Waals surface area (Å²) in [6.45, 7) is 0. The lowest BCUT2D eigenvalue weighted by Gasteiger charge is -2.18. The Hall–Kier alpha value is -2.69. The molecular formula is C20H24N2O3. The van der Waals surface area contributed by atoms with Crippen LogP contribution in [0.15, 0.2) is 42.5 Å². The molecule has 1 aliphatic rings. The van der Waals surface area contributed by atoms with Crippen LogP contribution < -0.4 is 19.7 Å². The van der Waals surface area contributed by atoms with Crippen LogP contribution in [0.2, 0.25) is 0 Å². The van der Waals surface area contributed by atoms with Crippen molar-refractivity contribution in [1.82, 2.24) is 0 Å². The van der Waals surface area contributed by atoms with E-state index in [1.807, 2.05) is 61.5 Å².